The van der Waals surface area contributed by atoms with Crippen LogP contribution in [-0.2, 0) is 0 Å². The molecule has 4 rings (SSSR count). The Balaban J connectivity index is 1.54. The van der Waals surface area contributed by atoms with Crippen LogP contribution in [-0.4, -0.2) is 58.0 Å². The molecule has 0 aliphatic carbocycles. The number of anilines is 1. The molecule has 1 aliphatic heterocycles. The molecule has 8 heteroatoms. The van der Waals surface area contributed by atoms with Gasteiger partial charge in [0.25, 0.3) is 5.69 Å². The number of nitrogens with zero attached hydrogens (tertiary/aromatic N) is 5. The fourth-order valence-electron chi connectivity index (χ4n) is 3.10. The maximum absolute atomic E-state index is 10.8. The maximum Gasteiger partial charge on any atom is 0.269 e. The van der Waals surface area contributed by atoms with E-state index in [-0.39, 0.29) is 5.69 Å². The van der Waals surface area contributed by atoms with Crippen LogP contribution < -0.4 is 5.43 Å². The minimum atomic E-state index is -0.396. The van der Waals surface area contributed by atoms with Crippen molar-refractivity contribution >= 4 is 22.5 Å². The third-order valence-corrected chi connectivity index (χ3v) is 4.75. The third kappa shape index (κ3) is 3.86. The maximum atomic E-state index is 10.8. The van der Waals surface area contributed by atoms with E-state index in [1.165, 1.54) is 12.1 Å². The first-order valence-corrected chi connectivity index (χ1v) is 8.80. The van der Waals surface area contributed by atoms with Crippen LogP contribution in [0.5, 0.6) is 0 Å². The first-order valence-electron chi connectivity index (χ1n) is 8.80. The molecule has 3 aromatic rings. The number of aromatic nitrogens is 2. The van der Waals surface area contributed by atoms with Gasteiger partial charge in [0.05, 0.1) is 10.4 Å². The highest BCUT2D eigenvalue weighted by molar-refractivity contribution is 5.84. The van der Waals surface area contributed by atoms with E-state index in [1.54, 1.807) is 18.3 Å². The van der Waals surface area contributed by atoms with Crippen molar-refractivity contribution in [1.29, 1.82) is 0 Å². The van der Waals surface area contributed by atoms with E-state index in [1.807, 2.05) is 18.2 Å². The van der Waals surface area contributed by atoms with E-state index in [2.05, 4.69) is 32.4 Å². The summed E-state index contributed by atoms with van der Waals surface area (Å²) < 4.78 is 0. The Hall–Kier alpha value is -3.10. The molecule has 1 N–H and O–H groups in total. The lowest BCUT2D eigenvalue weighted by atomic mass is 10.0. The van der Waals surface area contributed by atoms with Crippen molar-refractivity contribution in [2.75, 3.05) is 38.7 Å². The molecule has 27 heavy (non-hydrogen) atoms. The second kappa shape index (κ2) is 7.26. The largest absolute Gasteiger partial charge is 0.304 e. The predicted molar refractivity (Wildman–Crippen MR) is 104 cm³/mol. The summed E-state index contributed by atoms with van der Waals surface area (Å²) in [6.45, 7) is 3.88. The number of hydrazine groups is 1. The number of hydrogen-bond donors (Lipinski definition) is 1. The molecule has 0 spiro atoms. The van der Waals surface area contributed by atoms with Gasteiger partial charge in [0, 0.05) is 49.9 Å². The Kier molecular flexibility index (Phi) is 4.66. The number of non-ortho nitro benzene ring substituents is 1. The molecule has 0 unspecified atom stereocenters. The zero-order valence-corrected chi connectivity index (χ0v) is 15.0. The van der Waals surface area contributed by atoms with Crippen LogP contribution in [0.2, 0.25) is 0 Å². The van der Waals surface area contributed by atoms with Crippen LogP contribution in [0.4, 0.5) is 11.6 Å². The van der Waals surface area contributed by atoms with Crippen LogP contribution in [0.3, 0.4) is 0 Å². The Labute approximate surface area is 156 Å². The summed E-state index contributed by atoms with van der Waals surface area (Å²) in [4.78, 5) is 21.7. The van der Waals surface area contributed by atoms with Gasteiger partial charge in [0.2, 0.25) is 5.95 Å². The van der Waals surface area contributed by atoms with E-state index >= 15 is 0 Å². The second-order valence-electron chi connectivity index (χ2n) is 6.67. The fraction of sp³-hybridized carbons (Fsp3) is 0.263. The highest BCUT2D eigenvalue weighted by Gasteiger charge is 2.14. The van der Waals surface area contributed by atoms with Gasteiger partial charge in [-0.1, -0.05) is 6.07 Å². The average Bonchev–Trinajstić information content (AvgIpc) is 2.69. The van der Waals surface area contributed by atoms with Gasteiger partial charge in [-0.05, 0) is 42.4 Å². The Bertz CT molecular complexity index is 968. The third-order valence-electron chi connectivity index (χ3n) is 4.75. The predicted octanol–water partition coefficient (Wildman–Crippen LogP) is 2.78. The Morgan fingerprint density at radius 3 is 2.44 bits per heavy atom. The van der Waals surface area contributed by atoms with Crippen molar-refractivity contribution in [2.24, 2.45) is 0 Å². The van der Waals surface area contributed by atoms with E-state index in [0.717, 1.165) is 48.2 Å². The second-order valence-corrected chi connectivity index (χ2v) is 6.67. The first kappa shape index (κ1) is 17.3. The molecule has 0 saturated carbocycles. The van der Waals surface area contributed by atoms with Gasteiger partial charge < -0.3 is 4.90 Å². The van der Waals surface area contributed by atoms with Crippen molar-refractivity contribution < 1.29 is 4.92 Å². The van der Waals surface area contributed by atoms with Crippen LogP contribution in [0, 0.1) is 10.1 Å². The number of likely N-dealkylation sites (N-methyl/N-ethyl adjacent to an activating group) is 1. The number of benzene rings is 2. The molecule has 2 heterocycles. The normalized spacial score (nSPS) is 15.7. The number of nitro groups is 1. The lowest BCUT2D eigenvalue weighted by molar-refractivity contribution is -0.384. The molecule has 2 aromatic carbocycles. The quantitative estimate of drug-likeness (QED) is 0.562. The van der Waals surface area contributed by atoms with Crippen molar-refractivity contribution in [3.8, 4) is 11.1 Å². The summed E-state index contributed by atoms with van der Waals surface area (Å²) in [5.74, 6) is 0.593. The summed E-state index contributed by atoms with van der Waals surface area (Å²) in [6, 6.07) is 12.4. The highest BCUT2D eigenvalue weighted by Crippen LogP contribution is 2.25. The molecule has 8 nitrogen and oxygen atoms in total. The van der Waals surface area contributed by atoms with Gasteiger partial charge >= 0.3 is 0 Å². The van der Waals surface area contributed by atoms with Gasteiger partial charge in [0.15, 0.2) is 0 Å². The molecule has 0 radical (unpaired) electrons. The number of rotatable bonds is 4. The summed E-state index contributed by atoms with van der Waals surface area (Å²) >= 11 is 0. The Morgan fingerprint density at radius 2 is 1.74 bits per heavy atom. The van der Waals surface area contributed by atoms with Crippen molar-refractivity contribution in [3.05, 3.63) is 58.8 Å². The molecule has 1 aromatic heterocycles. The van der Waals surface area contributed by atoms with Gasteiger partial charge in [-0.3, -0.25) is 15.5 Å². The average molecular weight is 364 g/mol. The first-order chi connectivity index (χ1) is 13.1. The van der Waals surface area contributed by atoms with E-state index in [4.69, 9.17) is 0 Å². The molecular weight excluding hydrogens is 344 g/mol. The van der Waals surface area contributed by atoms with Crippen molar-refractivity contribution in [2.45, 2.75) is 0 Å². The lowest BCUT2D eigenvalue weighted by Crippen LogP contribution is -2.47. The van der Waals surface area contributed by atoms with Gasteiger partial charge in [0.1, 0.15) is 0 Å². The summed E-state index contributed by atoms with van der Waals surface area (Å²) in [6.07, 6.45) is 1.80. The number of hydrogen-bond acceptors (Lipinski definition) is 7. The molecule has 0 amide bonds. The minimum Gasteiger partial charge on any atom is -0.304 e. The summed E-state index contributed by atoms with van der Waals surface area (Å²) in [5, 5.41) is 13.8. The zero-order valence-electron chi connectivity index (χ0n) is 15.0. The van der Waals surface area contributed by atoms with Crippen LogP contribution in [0.1, 0.15) is 0 Å². The Morgan fingerprint density at radius 1 is 1.04 bits per heavy atom. The van der Waals surface area contributed by atoms with E-state index < -0.39 is 4.92 Å². The number of nitrogens with one attached hydrogen (secondary N) is 1. The molecule has 0 atom stereocenters. The molecule has 1 fully saturated rings. The smallest absolute Gasteiger partial charge is 0.269 e. The van der Waals surface area contributed by atoms with Crippen LogP contribution in [0.15, 0.2) is 48.7 Å². The molecule has 1 aliphatic rings. The van der Waals surface area contributed by atoms with Crippen LogP contribution >= 0.6 is 0 Å². The molecule has 1 saturated heterocycles. The van der Waals surface area contributed by atoms with Crippen molar-refractivity contribution in [1.82, 2.24) is 19.9 Å². The van der Waals surface area contributed by atoms with Crippen LogP contribution in [0.25, 0.3) is 22.0 Å². The molecular formula is C19H20N6O2. The highest BCUT2D eigenvalue weighted by atomic mass is 16.6. The minimum absolute atomic E-state index is 0.0856. The summed E-state index contributed by atoms with van der Waals surface area (Å²) in [5.41, 5.74) is 6.11. The number of piperazine rings is 1. The monoisotopic (exact) mass is 364 g/mol. The van der Waals surface area contributed by atoms with E-state index in [0.29, 0.717) is 5.95 Å². The number of fused-ring (bicyclic) bond motifs is 1. The van der Waals surface area contributed by atoms with Crippen molar-refractivity contribution in [3.63, 3.8) is 0 Å². The SMILES string of the molecule is CN1CCN(Nc2ncc3cc(-c4ccc([N+](=O)[O-])cc4)ccc3n2)CC1. The summed E-state index contributed by atoms with van der Waals surface area (Å²) in [7, 11) is 2.12. The zero-order chi connectivity index (χ0) is 18.8. The topological polar surface area (TPSA) is 87.4 Å². The van der Waals surface area contributed by atoms with Gasteiger partial charge in [-0.15, -0.1) is 0 Å². The lowest BCUT2D eigenvalue weighted by Gasteiger charge is -2.32. The molecule has 0 bridgehead atoms. The standard InChI is InChI=1S/C19H20N6O2/c1-23-8-10-24(11-9-23)22-19-20-13-16-12-15(4-7-18(16)21-19)14-2-5-17(6-3-14)25(26)27/h2-7,12-13H,8-11H2,1H3,(H,20,21,22). The van der Waals surface area contributed by atoms with E-state index in [9.17, 15) is 10.1 Å². The fourth-order valence-corrected chi connectivity index (χ4v) is 3.10. The number of nitro benzene ring substituents is 1. The van der Waals surface area contributed by atoms with Gasteiger partial charge in [-0.2, -0.15) is 0 Å². The van der Waals surface area contributed by atoms with Gasteiger partial charge in [-0.25, -0.2) is 15.0 Å². The molecule has 138 valence electrons.